The number of carbonyl (C=O) groups is 2. The molecule has 144 valence electrons. The lowest BCUT2D eigenvalue weighted by Crippen LogP contribution is -2.68. The van der Waals surface area contributed by atoms with Crippen molar-refractivity contribution in [2.24, 2.45) is 0 Å². The molecule has 2 heterocycles. The Labute approximate surface area is 154 Å². The lowest BCUT2D eigenvalue weighted by atomic mass is 9.83. The van der Waals surface area contributed by atoms with E-state index in [4.69, 9.17) is 4.84 Å². The molecule has 0 amide bonds. The zero-order chi connectivity index (χ0) is 18.4. The summed E-state index contributed by atoms with van der Waals surface area (Å²) < 4.78 is 0. The smallest absolute Gasteiger partial charge is 0.219 e. The van der Waals surface area contributed by atoms with Crippen molar-refractivity contribution >= 4 is 11.6 Å². The number of hydrogen-bond donors (Lipinski definition) is 2. The minimum atomic E-state index is -0.378. The van der Waals surface area contributed by atoms with Crippen molar-refractivity contribution in [3.63, 3.8) is 0 Å². The van der Waals surface area contributed by atoms with Gasteiger partial charge in [0.15, 0.2) is 0 Å². The van der Waals surface area contributed by atoms with E-state index in [9.17, 15) is 9.59 Å². The Kier molecular flexibility index (Phi) is 6.76. The Morgan fingerprint density at radius 3 is 2.69 bits per heavy atom. The standard InChI is InChI=1S/C18H29N5O3/c1-19-15-16(18(25)17(15)24)20-7-3-6-10-26-23-13-14(11-21-23)12-22-8-4-2-5-9-22/h11,13,15-16,19-20H,2-10,12H2,1H3. The number of Topliss-reactive ketones (excluding diaryl/α,β-unsaturated/α-hetero) is 2. The summed E-state index contributed by atoms with van der Waals surface area (Å²) in [5.41, 5.74) is 1.18. The maximum absolute atomic E-state index is 11.5. The van der Waals surface area contributed by atoms with Gasteiger partial charge in [-0.2, -0.15) is 0 Å². The van der Waals surface area contributed by atoms with Crippen LogP contribution in [0.15, 0.2) is 12.4 Å². The maximum atomic E-state index is 11.5. The van der Waals surface area contributed by atoms with E-state index < -0.39 is 0 Å². The molecule has 1 aromatic rings. The van der Waals surface area contributed by atoms with E-state index in [1.807, 2.05) is 12.4 Å². The van der Waals surface area contributed by atoms with E-state index in [1.54, 1.807) is 7.05 Å². The average Bonchev–Trinajstić information content (AvgIpc) is 3.11. The zero-order valence-electron chi connectivity index (χ0n) is 15.4. The molecule has 8 heteroatoms. The highest BCUT2D eigenvalue weighted by molar-refractivity contribution is 6.49. The minimum absolute atomic E-state index is 0.321. The van der Waals surface area contributed by atoms with Crippen molar-refractivity contribution in [2.75, 3.05) is 33.3 Å². The summed E-state index contributed by atoms with van der Waals surface area (Å²) in [7, 11) is 1.70. The van der Waals surface area contributed by atoms with Gasteiger partial charge in [-0.1, -0.05) is 6.42 Å². The molecular weight excluding hydrogens is 334 g/mol. The van der Waals surface area contributed by atoms with E-state index in [0.29, 0.717) is 13.2 Å². The van der Waals surface area contributed by atoms with Gasteiger partial charge in [0.25, 0.3) is 0 Å². The Bertz CT molecular complexity index is 612. The van der Waals surface area contributed by atoms with Crippen molar-refractivity contribution < 1.29 is 14.4 Å². The Balaban J connectivity index is 1.27. The Morgan fingerprint density at radius 2 is 1.92 bits per heavy atom. The quantitative estimate of drug-likeness (QED) is 0.439. The zero-order valence-corrected chi connectivity index (χ0v) is 15.4. The van der Waals surface area contributed by atoms with Crippen LogP contribution in [0.4, 0.5) is 0 Å². The lowest BCUT2D eigenvalue weighted by molar-refractivity contribution is -0.147. The lowest BCUT2D eigenvalue weighted by Gasteiger charge is -2.33. The average molecular weight is 363 g/mol. The van der Waals surface area contributed by atoms with E-state index in [-0.39, 0.29) is 23.7 Å². The maximum Gasteiger partial charge on any atom is 0.219 e. The topological polar surface area (TPSA) is 88.5 Å². The molecule has 2 atom stereocenters. The Morgan fingerprint density at radius 1 is 1.15 bits per heavy atom. The molecule has 1 saturated heterocycles. The monoisotopic (exact) mass is 363 g/mol. The number of ketones is 2. The van der Waals surface area contributed by atoms with Crippen molar-refractivity contribution in [1.29, 1.82) is 0 Å². The summed E-state index contributed by atoms with van der Waals surface area (Å²) in [4.78, 5) is 32.5. The van der Waals surface area contributed by atoms with Crippen LogP contribution in [-0.2, 0) is 16.1 Å². The highest BCUT2D eigenvalue weighted by Gasteiger charge is 2.47. The van der Waals surface area contributed by atoms with Gasteiger partial charge in [0, 0.05) is 12.1 Å². The molecule has 8 nitrogen and oxygen atoms in total. The van der Waals surface area contributed by atoms with Crippen LogP contribution in [0.2, 0.25) is 0 Å². The predicted molar refractivity (Wildman–Crippen MR) is 96.7 cm³/mol. The fourth-order valence-corrected chi connectivity index (χ4v) is 3.53. The van der Waals surface area contributed by atoms with Crippen LogP contribution in [0.5, 0.6) is 0 Å². The third-order valence-electron chi connectivity index (χ3n) is 5.08. The number of likely N-dealkylation sites (tertiary alicyclic amines) is 1. The first-order valence-corrected chi connectivity index (χ1v) is 9.57. The van der Waals surface area contributed by atoms with Crippen LogP contribution < -0.4 is 15.5 Å². The normalized spacial score (nSPS) is 23.9. The molecule has 26 heavy (non-hydrogen) atoms. The number of nitrogens with one attached hydrogen (secondary N) is 2. The second-order valence-electron chi connectivity index (χ2n) is 7.05. The second kappa shape index (κ2) is 9.25. The number of rotatable bonds is 10. The van der Waals surface area contributed by atoms with Crippen molar-refractivity contribution in [3.05, 3.63) is 18.0 Å². The van der Waals surface area contributed by atoms with Crippen LogP contribution in [0.1, 0.15) is 37.7 Å². The number of hydrogen-bond acceptors (Lipinski definition) is 7. The molecule has 1 aliphatic carbocycles. The van der Waals surface area contributed by atoms with Crippen molar-refractivity contribution in [3.8, 4) is 0 Å². The summed E-state index contributed by atoms with van der Waals surface area (Å²) in [6, 6.07) is -0.752. The third-order valence-corrected chi connectivity index (χ3v) is 5.08. The van der Waals surface area contributed by atoms with E-state index in [0.717, 1.165) is 19.4 Å². The Hall–Kier alpha value is -1.77. The fourth-order valence-electron chi connectivity index (χ4n) is 3.53. The fraction of sp³-hybridized carbons (Fsp3) is 0.722. The highest BCUT2D eigenvalue weighted by atomic mass is 16.7. The predicted octanol–water partition coefficient (Wildman–Crippen LogP) is -0.224. The van der Waals surface area contributed by atoms with Gasteiger partial charge < -0.3 is 15.5 Å². The third kappa shape index (κ3) is 4.69. The number of nitrogens with zero attached hydrogens (tertiary/aromatic N) is 3. The van der Waals surface area contributed by atoms with Crippen molar-refractivity contribution in [2.45, 2.75) is 50.7 Å². The van der Waals surface area contributed by atoms with Crippen LogP contribution in [0, 0.1) is 0 Å². The van der Waals surface area contributed by atoms with Gasteiger partial charge in [0.05, 0.1) is 24.5 Å². The SMILES string of the molecule is CNC1C(=O)C(=O)C1NCCCCOn1cc(CN2CCCCC2)cn1. The van der Waals surface area contributed by atoms with Crippen LogP contribution in [0.3, 0.4) is 0 Å². The molecule has 2 N–H and O–H groups in total. The molecule has 0 radical (unpaired) electrons. The summed E-state index contributed by atoms with van der Waals surface area (Å²) >= 11 is 0. The van der Waals surface area contributed by atoms with E-state index >= 15 is 0 Å². The molecule has 2 fully saturated rings. The molecule has 2 aliphatic rings. The van der Waals surface area contributed by atoms with Gasteiger partial charge in [0.2, 0.25) is 11.6 Å². The van der Waals surface area contributed by atoms with Gasteiger partial charge in [-0.15, -0.1) is 9.94 Å². The number of carbonyl (C=O) groups excluding carboxylic acids is 2. The molecule has 0 spiro atoms. The van der Waals surface area contributed by atoms with E-state index in [1.165, 1.54) is 42.8 Å². The first-order chi connectivity index (χ1) is 12.7. The van der Waals surface area contributed by atoms with Crippen LogP contribution >= 0.6 is 0 Å². The molecule has 1 aliphatic heterocycles. The number of piperidine rings is 1. The van der Waals surface area contributed by atoms with Gasteiger partial charge in [-0.05, 0) is 52.4 Å². The van der Waals surface area contributed by atoms with Crippen LogP contribution in [0.25, 0.3) is 0 Å². The largest absolute Gasteiger partial charge is 0.397 e. The van der Waals surface area contributed by atoms with Crippen molar-refractivity contribution in [1.82, 2.24) is 25.5 Å². The number of unbranched alkanes of at least 4 members (excludes halogenated alkanes) is 1. The van der Waals surface area contributed by atoms with Gasteiger partial charge in [-0.3, -0.25) is 14.5 Å². The molecule has 1 saturated carbocycles. The van der Waals surface area contributed by atoms with Gasteiger partial charge in [0.1, 0.15) is 6.61 Å². The van der Waals surface area contributed by atoms with Gasteiger partial charge in [-0.25, -0.2) is 0 Å². The molecular formula is C18H29N5O3. The highest BCUT2D eigenvalue weighted by Crippen LogP contribution is 2.13. The molecule has 0 aromatic carbocycles. The number of likely N-dealkylation sites (N-methyl/N-ethyl adjacent to an activating group) is 1. The van der Waals surface area contributed by atoms with Gasteiger partial charge >= 0.3 is 0 Å². The summed E-state index contributed by atoms with van der Waals surface area (Å²) in [5.74, 6) is -0.647. The number of aromatic nitrogens is 2. The summed E-state index contributed by atoms with van der Waals surface area (Å²) in [6.07, 6.45) is 9.46. The molecule has 0 bridgehead atoms. The second-order valence-corrected chi connectivity index (χ2v) is 7.05. The minimum Gasteiger partial charge on any atom is -0.397 e. The van der Waals surface area contributed by atoms with E-state index in [2.05, 4.69) is 20.6 Å². The molecule has 2 unspecified atom stereocenters. The first-order valence-electron chi connectivity index (χ1n) is 9.57. The molecule has 3 rings (SSSR count). The van der Waals surface area contributed by atoms with Crippen LogP contribution in [-0.4, -0.2) is 71.8 Å². The summed E-state index contributed by atoms with van der Waals surface area (Å²) in [5, 5.41) is 10.2. The summed E-state index contributed by atoms with van der Waals surface area (Å²) in [6.45, 7) is 4.53. The molecule has 1 aromatic heterocycles. The first kappa shape index (κ1) is 19.0.